The summed E-state index contributed by atoms with van der Waals surface area (Å²) in [6, 6.07) is 15.0. The van der Waals surface area contributed by atoms with Crippen LogP contribution in [-0.4, -0.2) is 31.8 Å². The van der Waals surface area contributed by atoms with Crippen molar-refractivity contribution >= 4 is 39.9 Å². The van der Waals surface area contributed by atoms with Crippen molar-refractivity contribution in [2.45, 2.75) is 5.22 Å². The molecule has 29 heavy (non-hydrogen) atoms. The van der Waals surface area contributed by atoms with E-state index >= 15 is 0 Å². The second-order valence-electron chi connectivity index (χ2n) is 5.92. The number of carbonyl (C=O) groups excluding carboxylic acids is 1. The number of hydrogen-bond donors (Lipinski definition) is 1. The van der Waals surface area contributed by atoms with E-state index in [1.54, 1.807) is 6.20 Å². The Bertz CT molecular complexity index is 1190. The second-order valence-corrected chi connectivity index (χ2v) is 6.85. The van der Waals surface area contributed by atoms with Crippen molar-refractivity contribution in [2.24, 2.45) is 0 Å². The maximum Gasteiger partial charge on any atom is 0.277 e. The number of carbonyl (C=O) groups is 1. The number of nitro groups is 1. The molecule has 144 valence electrons. The molecule has 0 aliphatic heterocycles. The predicted octanol–water partition coefficient (Wildman–Crippen LogP) is 3.92. The van der Waals surface area contributed by atoms with E-state index in [1.807, 2.05) is 30.3 Å². The van der Waals surface area contributed by atoms with E-state index in [0.29, 0.717) is 11.6 Å². The van der Waals surface area contributed by atoms with Gasteiger partial charge in [-0.1, -0.05) is 17.8 Å². The molecule has 2 aromatic carbocycles. The van der Waals surface area contributed by atoms with Crippen molar-refractivity contribution in [1.29, 1.82) is 0 Å². The summed E-state index contributed by atoms with van der Waals surface area (Å²) in [6.07, 6.45) is 1.73. The van der Waals surface area contributed by atoms with Crippen LogP contribution in [0.25, 0.3) is 22.4 Å². The lowest BCUT2D eigenvalue weighted by molar-refractivity contribution is -0.384. The molecule has 0 bridgehead atoms. The normalized spacial score (nSPS) is 10.8. The van der Waals surface area contributed by atoms with Gasteiger partial charge < -0.3 is 9.73 Å². The lowest BCUT2D eigenvalue weighted by atomic mass is 10.1. The lowest BCUT2D eigenvalue weighted by Crippen LogP contribution is -2.13. The molecule has 1 N–H and O–H groups in total. The number of amides is 1. The topological polar surface area (TPSA) is 124 Å². The molecule has 9 nitrogen and oxygen atoms in total. The third-order valence-corrected chi connectivity index (χ3v) is 4.76. The minimum Gasteiger partial charge on any atom is -0.411 e. The summed E-state index contributed by atoms with van der Waals surface area (Å²) < 4.78 is 5.63. The van der Waals surface area contributed by atoms with Crippen LogP contribution in [0.2, 0.25) is 0 Å². The molecular formula is C19H13N5O4S. The molecule has 0 saturated heterocycles. The van der Waals surface area contributed by atoms with Crippen molar-refractivity contribution < 1.29 is 14.1 Å². The zero-order chi connectivity index (χ0) is 20.2. The van der Waals surface area contributed by atoms with Gasteiger partial charge in [0.25, 0.3) is 10.9 Å². The summed E-state index contributed by atoms with van der Waals surface area (Å²) in [7, 11) is 0. The molecule has 0 atom stereocenters. The Morgan fingerprint density at radius 1 is 1.14 bits per heavy atom. The molecule has 0 radical (unpaired) electrons. The molecule has 2 heterocycles. The molecule has 2 aromatic heterocycles. The van der Waals surface area contributed by atoms with Gasteiger partial charge in [0.1, 0.15) is 0 Å². The van der Waals surface area contributed by atoms with Crippen molar-refractivity contribution in [3.8, 4) is 11.5 Å². The molecule has 0 unspecified atom stereocenters. The lowest BCUT2D eigenvalue weighted by Gasteiger charge is -2.03. The van der Waals surface area contributed by atoms with Gasteiger partial charge in [-0.25, -0.2) is 0 Å². The van der Waals surface area contributed by atoms with Gasteiger partial charge in [0.05, 0.1) is 16.2 Å². The Kier molecular flexibility index (Phi) is 5.16. The molecule has 1 amide bonds. The van der Waals surface area contributed by atoms with E-state index in [9.17, 15) is 14.9 Å². The number of nitro benzene ring substituents is 1. The largest absolute Gasteiger partial charge is 0.411 e. The maximum atomic E-state index is 12.1. The first-order valence-corrected chi connectivity index (χ1v) is 9.43. The van der Waals surface area contributed by atoms with E-state index in [1.165, 1.54) is 24.3 Å². The highest BCUT2D eigenvalue weighted by Crippen LogP contribution is 2.26. The van der Waals surface area contributed by atoms with E-state index in [-0.39, 0.29) is 22.6 Å². The summed E-state index contributed by atoms with van der Waals surface area (Å²) >= 11 is 1.10. The number of nitrogens with zero attached hydrogens (tertiary/aromatic N) is 4. The number of aromatic nitrogens is 3. The second kappa shape index (κ2) is 8.07. The van der Waals surface area contributed by atoms with Gasteiger partial charge in [-0.2, -0.15) is 0 Å². The molecule has 0 saturated carbocycles. The number of rotatable bonds is 6. The number of thioether (sulfide) groups is 1. The molecule has 4 rings (SSSR count). The van der Waals surface area contributed by atoms with Crippen molar-refractivity contribution in [3.63, 3.8) is 0 Å². The average molecular weight is 407 g/mol. The van der Waals surface area contributed by atoms with Crippen LogP contribution < -0.4 is 5.32 Å². The fourth-order valence-electron chi connectivity index (χ4n) is 2.58. The van der Waals surface area contributed by atoms with Gasteiger partial charge >= 0.3 is 0 Å². The van der Waals surface area contributed by atoms with Crippen LogP contribution in [-0.2, 0) is 4.79 Å². The van der Waals surface area contributed by atoms with E-state index < -0.39 is 4.92 Å². The third kappa shape index (κ3) is 4.38. The number of non-ortho nitro benzene ring substituents is 1. The number of nitrogens with one attached hydrogen (secondary N) is 1. The molecule has 10 heteroatoms. The first kappa shape index (κ1) is 18.6. The van der Waals surface area contributed by atoms with E-state index in [0.717, 1.165) is 28.2 Å². The zero-order valence-electron chi connectivity index (χ0n) is 14.8. The highest BCUT2D eigenvalue weighted by atomic mass is 32.2. The Hall–Kier alpha value is -3.79. The summed E-state index contributed by atoms with van der Waals surface area (Å²) in [5.41, 5.74) is 2.06. The monoisotopic (exact) mass is 407 g/mol. The Balaban J connectivity index is 1.37. The number of anilines is 1. The quantitative estimate of drug-likeness (QED) is 0.290. The standard InChI is InChI=1S/C19H13N5O4S/c25-17(21-14-4-6-15(7-5-14)24(26)27)11-29-19-23-22-18(28-19)13-3-8-16-12(10-13)2-1-9-20-16/h1-10H,11H2,(H,21,25). The molecule has 0 aliphatic rings. The van der Waals surface area contributed by atoms with Crippen LogP contribution in [0, 0.1) is 10.1 Å². The highest BCUT2D eigenvalue weighted by Gasteiger charge is 2.12. The van der Waals surface area contributed by atoms with Gasteiger partial charge in [0.2, 0.25) is 11.8 Å². The zero-order valence-corrected chi connectivity index (χ0v) is 15.6. The summed E-state index contributed by atoms with van der Waals surface area (Å²) in [4.78, 5) is 26.5. The molecule has 0 spiro atoms. The minimum atomic E-state index is -0.499. The van der Waals surface area contributed by atoms with E-state index in [4.69, 9.17) is 4.42 Å². The summed E-state index contributed by atoms with van der Waals surface area (Å²) in [5.74, 6) is 0.120. The highest BCUT2D eigenvalue weighted by molar-refractivity contribution is 7.99. The van der Waals surface area contributed by atoms with Crippen LogP contribution in [0.3, 0.4) is 0 Å². The van der Waals surface area contributed by atoms with Gasteiger partial charge in [-0.05, 0) is 36.4 Å². The first-order chi connectivity index (χ1) is 14.1. The third-order valence-electron chi connectivity index (χ3n) is 3.95. The van der Waals surface area contributed by atoms with E-state index in [2.05, 4.69) is 20.5 Å². The first-order valence-electron chi connectivity index (χ1n) is 8.44. The van der Waals surface area contributed by atoms with Crippen LogP contribution >= 0.6 is 11.8 Å². The maximum absolute atomic E-state index is 12.1. The fourth-order valence-corrected chi connectivity index (χ4v) is 3.15. The SMILES string of the molecule is O=C(CSc1nnc(-c2ccc3ncccc3c2)o1)Nc1ccc([N+](=O)[O-])cc1. The van der Waals surface area contributed by atoms with Crippen molar-refractivity contribution in [2.75, 3.05) is 11.1 Å². The molecule has 0 aliphatic carbocycles. The van der Waals surface area contributed by atoms with Crippen LogP contribution in [0.1, 0.15) is 0 Å². The van der Waals surface area contributed by atoms with Gasteiger partial charge in [-0.3, -0.25) is 19.9 Å². The Labute approximate surface area is 168 Å². The predicted molar refractivity (Wildman–Crippen MR) is 107 cm³/mol. The summed E-state index contributed by atoms with van der Waals surface area (Å²) in [6.45, 7) is 0. The molecule has 4 aromatic rings. The van der Waals surface area contributed by atoms with Crippen LogP contribution in [0.15, 0.2) is 70.4 Å². The molecule has 0 fully saturated rings. The summed E-state index contributed by atoms with van der Waals surface area (Å²) in [5, 5.41) is 22.5. The number of pyridine rings is 1. The Morgan fingerprint density at radius 2 is 1.97 bits per heavy atom. The van der Waals surface area contributed by atoms with Gasteiger partial charge in [-0.15, -0.1) is 10.2 Å². The minimum absolute atomic E-state index is 0.0414. The average Bonchev–Trinajstić information content (AvgIpc) is 3.21. The molecular weight excluding hydrogens is 394 g/mol. The Morgan fingerprint density at radius 3 is 2.76 bits per heavy atom. The smallest absolute Gasteiger partial charge is 0.277 e. The number of hydrogen-bond acceptors (Lipinski definition) is 8. The van der Waals surface area contributed by atoms with Crippen LogP contribution in [0.5, 0.6) is 0 Å². The van der Waals surface area contributed by atoms with Crippen LogP contribution in [0.4, 0.5) is 11.4 Å². The number of fused-ring (bicyclic) bond motifs is 1. The van der Waals surface area contributed by atoms with Crippen molar-refractivity contribution in [3.05, 3.63) is 70.9 Å². The van der Waals surface area contributed by atoms with Gasteiger partial charge in [0, 0.05) is 35.0 Å². The number of benzene rings is 2. The van der Waals surface area contributed by atoms with Crippen molar-refractivity contribution in [1.82, 2.24) is 15.2 Å². The van der Waals surface area contributed by atoms with Gasteiger partial charge in [0.15, 0.2) is 0 Å². The fraction of sp³-hybridized carbons (Fsp3) is 0.0526.